The summed E-state index contributed by atoms with van der Waals surface area (Å²) in [6.07, 6.45) is -0.745. The van der Waals surface area contributed by atoms with Gasteiger partial charge in [0.05, 0.1) is 81.6 Å². The molecule has 0 saturated carbocycles. The van der Waals surface area contributed by atoms with E-state index in [2.05, 4.69) is 15.6 Å². The van der Waals surface area contributed by atoms with E-state index in [0.717, 1.165) is 21.7 Å². The summed E-state index contributed by atoms with van der Waals surface area (Å²) in [5.74, 6) is -1.27. The molecule has 0 radical (unpaired) electrons. The fourth-order valence-corrected chi connectivity index (χ4v) is 5.92. The van der Waals surface area contributed by atoms with Crippen LogP contribution >= 0.6 is 11.3 Å². The number of amides is 3. The van der Waals surface area contributed by atoms with Gasteiger partial charge in [-0.25, -0.2) is 4.98 Å². The number of hydrogen-bond acceptors (Lipinski definition) is 12. The lowest BCUT2D eigenvalue weighted by Gasteiger charge is -2.35. The molecule has 15 heteroatoms. The molecule has 0 spiro atoms. The summed E-state index contributed by atoms with van der Waals surface area (Å²) in [5.41, 5.74) is 9.40. The number of carbonyl (C=O) groups is 3. The van der Waals surface area contributed by atoms with Gasteiger partial charge in [-0.05, 0) is 23.5 Å². The SMILES string of the molecule is Cc1ncsc1-c1ccc(CNC(=O)C2CC(O)CN2C(=O)C(NC(=O)COCCOCCOCCOCCOCCN)C(C)(C)C)cc1. The molecule has 3 atom stereocenters. The largest absolute Gasteiger partial charge is 0.391 e. The Labute approximate surface area is 293 Å². The van der Waals surface area contributed by atoms with E-state index in [1.54, 1.807) is 11.3 Å². The molecule has 3 amide bonds. The van der Waals surface area contributed by atoms with E-state index in [-0.39, 0.29) is 45.2 Å². The van der Waals surface area contributed by atoms with Crippen molar-refractivity contribution in [2.45, 2.75) is 58.8 Å². The average Bonchev–Trinajstić information content (AvgIpc) is 3.68. The monoisotopic (exact) mass is 707 g/mol. The molecule has 2 heterocycles. The molecule has 3 unspecified atom stereocenters. The number of aromatic nitrogens is 1. The summed E-state index contributed by atoms with van der Waals surface area (Å²) in [7, 11) is 0. The summed E-state index contributed by atoms with van der Waals surface area (Å²) in [6, 6.07) is 6.06. The number of rotatable bonds is 22. The van der Waals surface area contributed by atoms with E-state index in [1.807, 2.05) is 57.5 Å². The number of hydrogen-bond donors (Lipinski definition) is 4. The summed E-state index contributed by atoms with van der Waals surface area (Å²) in [6.45, 7) is 11.6. The number of aliphatic hydroxyl groups is 1. The second-order valence-electron chi connectivity index (χ2n) is 12.7. The van der Waals surface area contributed by atoms with E-state index in [0.29, 0.717) is 52.8 Å². The number of aliphatic hydroxyl groups excluding tert-OH is 1. The van der Waals surface area contributed by atoms with E-state index < -0.39 is 35.4 Å². The van der Waals surface area contributed by atoms with Crippen LogP contribution in [0.15, 0.2) is 29.8 Å². The van der Waals surface area contributed by atoms with Crippen LogP contribution < -0.4 is 16.4 Å². The Morgan fingerprint density at radius 2 is 1.53 bits per heavy atom. The van der Waals surface area contributed by atoms with Gasteiger partial charge in [0.15, 0.2) is 0 Å². The van der Waals surface area contributed by atoms with Gasteiger partial charge in [-0.3, -0.25) is 14.4 Å². The molecule has 0 aliphatic carbocycles. The van der Waals surface area contributed by atoms with E-state index in [9.17, 15) is 19.5 Å². The molecule has 1 fully saturated rings. The van der Waals surface area contributed by atoms with Crippen LogP contribution in [0.1, 0.15) is 38.4 Å². The minimum Gasteiger partial charge on any atom is -0.391 e. The minimum absolute atomic E-state index is 0.00294. The quantitative estimate of drug-likeness (QED) is 0.129. The average molecular weight is 708 g/mol. The lowest BCUT2D eigenvalue weighted by atomic mass is 9.85. The Bertz CT molecular complexity index is 1290. The number of nitrogens with one attached hydrogen (secondary N) is 2. The molecule has 1 aliphatic heterocycles. The lowest BCUT2D eigenvalue weighted by molar-refractivity contribution is -0.144. The fourth-order valence-electron chi connectivity index (χ4n) is 5.11. The Morgan fingerprint density at radius 3 is 2.06 bits per heavy atom. The zero-order valence-electron chi connectivity index (χ0n) is 29.1. The van der Waals surface area contributed by atoms with Crippen molar-refractivity contribution in [3.8, 4) is 10.4 Å². The van der Waals surface area contributed by atoms with Gasteiger partial charge in [0, 0.05) is 26.1 Å². The van der Waals surface area contributed by atoms with Gasteiger partial charge >= 0.3 is 0 Å². The molecular weight excluding hydrogens is 654 g/mol. The number of nitrogens with two attached hydrogens (primary N) is 1. The topological polar surface area (TPSA) is 184 Å². The van der Waals surface area contributed by atoms with Crippen molar-refractivity contribution in [1.29, 1.82) is 0 Å². The Morgan fingerprint density at radius 1 is 0.959 bits per heavy atom. The van der Waals surface area contributed by atoms with Gasteiger partial charge < -0.3 is 50.1 Å². The molecule has 49 heavy (non-hydrogen) atoms. The van der Waals surface area contributed by atoms with Crippen molar-refractivity contribution in [3.63, 3.8) is 0 Å². The first kappa shape index (κ1) is 40.4. The maximum Gasteiger partial charge on any atom is 0.246 e. The Kier molecular flexibility index (Phi) is 17.5. The molecule has 1 aliphatic rings. The van der Waals surface area contributed by atoms with Crippen molar-refractivity contribution in [1.82, 2.24) is 20.5 Å². The molecule has 0 bridgehead atoms. The second kappa shape index (κ2) is 21.3. The standard InChI is InChI=1S/C34H53N5O9S/c1-24-30(49-23-37-24)26-7-5-25(6-8-26)20-36-32(42)28-19-27(40)21-39(28)33(43)31(34(2,3)4)38-29(41)22-48-18-17-47-16-15-46-14-13-45-12-11-44-10-9-35/h5-8,23,27-28,31,40H,9-22,35H2,1-4H3,(H,36,42)(H,38,41). The van der Waals surface area contributed by atoms with Crippen molar-refractivity contribution >= 4 is 29.1 Å². The maximum absolute atomic E-state index is 13.8. The summed E-state index contributed by atoms with van der Waals surface area (Å²) in [4.78, 5) is 46.6. The van der Waals surface area contributed by atoms with Crippen LogP contribution in [0.5, 0.6) is 0 Å². The highest BCUT2D eigenvalue weighted by atomic mass is 32.1. The molecule has 5 N–H and O–H groups in total. The number of nitrogens with zero attached hydrogens (tertiary/aromatic N) is 2. The summed E-state index contributed by atoms with van der Waals surface area (Å²) >= 11 is 1.57. The van der Waals surface area contributed by atoms with E-state index in [4.69, 9.17) is 29.4 Å². The molecule has 1 saturated heterocycles. The van der Waals surface area contributed by atoms with Crippen LogP contribution in [0.2, 0.25) is 0 Å². The number of likely N-dealkylation sites (tertiary alicyclic amines) is 1. The highest BCUT2D eigenvalue weighted by Crippen LogP contribution is 2.28. The van der Waals surface area contributed by atoms with Crippen LogP contribution in [0.4, 0.5) is 0 Å². The third kappa shape index (κ3) is 14.0. The number of β-amino-alcohol motifs (C(OH)–C–C–N with tert-alkyl or cyclic N) is 1. The number of thiazole rings is 1. The zero-order chi connectivity index (χ0) is 35.6. The predicted molar refractivity (Wildman–Crippen MR) is 185 cm³/mol. The highest BCUT2D eigenvalue weighted by Gasteiger charge is 2.44. The predicted octanol–water partition coefficient (Wildman–Crippen LogP) is 1.27. The molecule has 3 rings (SSSR count). The zero-order valence-corrected chi connectivity index (χ0v) is 29.9. The molecular formula is C34H53N5O9S. The van der Waals surface area contributed by atoms with Crippen LogP contribution in [0, 0.1) is 12.3 Å². The van der Waals surface area contributed by atoms with Gasteiger partial charge in [0.2, 0.25) is 17.7 Å². The Hall–Kier alpha value is -3.02. The molecule has 274 valence electrons. The summed E-state index contributed by atoms with van der Waals surface area (Å²) in [5, 5.41) is 16.1. The maximum atomic E-state index is 13.8. The first-order chi connectivity index (χ1) is 23.5. The van der Waals surface area contributed by atoms with Gasteiger partial charge in [-0.2, -0.15) is 0 Å². The van der Waals surface area contributed by atoms with E-state index in [1.165, 1.54) is 4.90 Å². The van der Waals surface area contributed by atoms with Crippen LogP contribution in [0.25, 0.3) is 10.4 Å². The fraction of sp³-hybridized carbons (Fsp3) is 0.647. The van der Waals surface area contributed by atoms with Crippen molar-refractivity contribution in [2.75, 3.05) is 79.2 Å². The number of aryl methyl sites for hydroxylation is 1. The minimum atomic E-state index is -0.942. The van der Waals surface area contributed by atoms with Crippen molar-refractivity contribution in [2.24, 2.45) is 11.1 Å². The molecule has 2 aromatic rings. The second-order valence-corrected chi connectivity index (χ2v) is 13.6. The van der Waals surface area contributed by atoms with Crippen molar-refractivity contribution < 1.29 is 43.2 Å². The van der Waals surface area contributed by atoms with Gasteiger partial charge in [-0.1, -0.05) is 45.0 Å². The van der Waals surface area contributed by atoms with Crippen molar-refractivity contribution in [3.05, 3.63) is 41.0 Å². The van der Waals surface area contributed by atoms with E-state index >= 15 is 0 Å². The van der Waals surface area contributed by atoms with Gasteiger partial charge in [-0.15, -0.1) is 11.3 Å². The summed E-state index contributed by atoms with van der Waals surface area (Å²) < 4.78 is 26.9. The number of carbonyl (C=O) groups excluding carboxylic acids is 3. The first-order valence-electron chi connectivity index (χ1n) is 16.6. The van der Waals surface area contributed by atoms with Crippen LogP contribution in [-0.2, 0) is 44.6 Å². The first-order valence-corrected chi connectivity index (χ1v) is 17.5. The number of benzene rings is 1. The lowest BCUT2D eigenvalue weighted by Crippen LogP contribution is -2.58. The van der Waals surface area contributed by atoms with Crippen LogP contribution in [0.3, 0.4) is 0 Å². The Balaban J connectivity index is 1.38. The highest BCUT2D eigenvalue weighted by molar-refractivity contribution is 7.13. The van der Waals surface area contributed by atoms with Gasteiger partial charge in [0.25, 0.3) is 0 Å². The third-order valence-corrected chi connectivity index (χ3v) is 8.67. The van der Waals surface area contributed by atoms with Crippen LogP contribution in [-0.4, -0.2) is 130 Å². The normalized spacial score (nSPS) is 16.9. The molecule has 1 aromatic carbocycles. The molecule has 14 nitrogen and oxygen atoms in total. The smallest absolute Gasteiger partial charge is 0.246 e. The third-order valence-electron chi connectivity index (χ3n) is 7.69. The number of ether oxygens (including phenoxy) is 5. The molecule has 1 aromatic heterocycles. The van der Waals surface area contributed by atoms with Gasteiger partial charge in [0.1, 0.15) is 18.7 Å².